The zero-order valence-corrected chi connectivity index (χ0v) is 9.57. The molecule has 0 aromatic carbocycles. The summed E-state index contributed by atoms with van der Waals surface area (Å²) >= 11 is 0. The van der Waals surface area contributed by atoms with Crippen LogP contribution in [0, 0.1) is 0 Å². The molecule has 3 heteroatoms. The molecule has 0 spiro atoms. The van der Waals surface area contributed by atoms with E-state index in [2.05, 4.69) is 30.3 Å². The van der Waals surface area contributed by atoms with E-state index in [4.69, 9.17) is 4.42 Å². The lowest BCUT2D eigenvalue weighted by Crippen LogP contribution is -2.45. The van der Waals surface area contributed by atoms with Gasteiger partial charge in [-0.15, -0.1) is 0 Å². The van der Waals surface area contributed by atoms with Gasteiger partial charge in [-0.2, -0.15) is 0 Å². The SMILES string of the molecule is CNC1CCN(Cc2ccco2)C(C)C1. The lowest BCUT2D eigenvalue weighted by atomic mass is 9.98. The summed E-state index contributed by atoms with van der Waals surface area (Å²) in [4.78, 5) is 2.49. The maximum absolute atomic E-state index is 5.38. The van der Waals surface area contributed by atoms with Crippen LogP contribution in [0.3, 0.4) is 0 Å². The average Bonchev–Trinajstić information content (AvgIpc) is 2.74. The number of piperidine rings is 1. The Hall–Kier alpha value is -0.800. The third kappa shape index (κ3) is 2.61. The van der Waals surface area contributed by atoms with Crippen molar-refractivity contribution in [1.29, 1.82) is 0 Å². The Morgan fingerprint density at radius 1 is 1.60 bits per heavy atom. The Balaban J connectivity index is 1.89. The third-order valence-electron chi connectivity index (χ3n) is 3.36. The number of nitrogens with zero attached hydrogens (tertiary/aromatic N) is 1. The summed E-state index contributed by atoms with van der Waals surface area (Å²) in [6, 6.07) is 5.34. The van der Waals surface area contributed by atoms with E-state index in [0.29, 0.717) is 12.1 Å². The molecule has 0 bridgehead atoms. The predicted octanol–water partition coefficient (Wildman–Crippen LogP) is 1.85. The Kier molecular flexibility index (Phi) is 3.44. The molecule has 1 aromatic rings. The summed E-state index contributed by atoms with van der Waals surface area (Å²) in [5, 5.41) is 3.36. The first kappa shape index (κ1) is 10.7. The van der Waals surface area contributed by atoms with Crippen molar-refractivity contribution < 1.29 is 4.42 Å². The quantitative estimate of drug-likeness (QED) is 0.821. The van der Waals surface area contributed by atoms with Gasteiger partial charge in [0.15, 0.2) is 0 Å². The predicted molar refractivity (Wildman–Crippen MR) is 60.7 cm³/mol. The molecule has 0 amide bonds. The van der Waals surface area contributed by atoms with Crippen molar-refractivity contribution in [1.82, 2.24) is 10.2 Å². The minimum Gasteiger partial charge on any atom is -0.468 e. The van der Waals surface area contributed by atoms with Gasteiger partial charge < -0.3 is 9.73 Å². The summed E-state index contributed by atoms with van der Waals surface area (Å²) in [5.41, 5.74) is 0. The number of nitrogens with one attached hydrogen (secondary N) is 1. The Bertz CT molecular complexity index is 284. The van der Waals surface area contributed by atoms with Crippen molar-refractivity contribution in [3.05, 3.63) is 24.2 Å². The van der Waals surface area contributed by atoms with Gasteiger partial charge in [-0.05, 0) is 38.9 Å². The standard InChI is InChI=1S/C12H20N2O/c1-10-8-11(13-2)5-6-14(10)9-12-4-3-7-15-12/h3-4,7,10-11,13H,5-6,8-9H2,1-2H3. The summed E-state index contributed by atoms with van der Waals surface area (Å²) in [6.45, 7) is 4.41. The molecular weight excluding hydrogens is 188 g/mol. The minimum atomic E-state index is 0.640. The van der Waals surface area contributed by atoms with Crippen LogP contribution in [0.15, 0.2) is 22.8 Å². The van der Waals surface area contributed by atoms with E-state index in [0.717, 1.165) is 18.8 Å². The van der Waals surface area contributed by atoms with Gasteiger partial charge in [0.1, 0.15) is 5.76 Å². The molecule has 1 aliphatic heterocycles. The van der Waals surface area contributed by atoms with Crippen LogP contribution in [0.2, 0.25) is 0 Å². The van der Waals surface area contributed by atoms with Crippen molar-refractivity contribution in [2.45, 2.75) is 38.4 Å². The smallest absolute Gasteiger partial charge is 0.117 e. The molecule has 1 fully saturated rings. The van der Waals surface area contributed by atoms with Crippen molar-refractivity contribution in [2.24, 2.45) is 0 Å². The van der Waals surface area contributed by atoms with Crippen molar-refractivity contribution in [3.63, 3.8) is 0 Å². The van der Waals surface area contributed by atoms with Crippen LogP contribution in [0.25, 0.3) is 0 Å². The maximum atomic E-state index is 5.38. The number of furan rings is 1. The van der Waals surface area contributed by atoms with E-state index in [-0.39, 0.29) is 0 Å². The summed E-state index contributed by atoms with van der Waals surface area (Å²) in [7, 11) is 2.06. The highest BCUT2D eigenvalue weighted by Gasteiger charge is 2.24. The van der Waals surface area contributed by atoms with E-state index in [9.17, 15) is 0 Å². The minimum absolute atomic E-state index is 0.640. The monoisotopic (exact) mass is 208 g/mol. The molecule has 1 aliphatic rings. The number of hydrogen-bond donors (Lipinski definition) is 1. The summed E-state index contributed by atoms with van der Waals surface area (Å²) in [5.74, 6) is 1.07. The molecule has 0 saturated carbocycles. The molecule has 1 aromatic heterocycles. The molecule has 2 rings (SSSR count). The fraction of sp³-hybridized carbons (Fsp3) is 0.667. The lowest BCUT2D eigenvalue weighted by molar-refractivity contribution is 0.122. The molecule has 84 valence electrons. The molecule has 0 radical (unpaired) electrons. The van der Waals surface area contributed by atoms with Crippen LogP contribution in [0.1, 0.15) is 25.5 Å². The number of hydrogen-bond acceptors (Lipinski definition) is 3. The van der Waals surface area contributed by atoms with E-state index >= 15 is 0 Å². The highest BCUT2D eigenvalue weighted by Crippen LogP contribution is 2.19. The second-order valence-corrected chi connectivity index (χ2v) is 4.41. The summed E-state index contributed by atoms with van der Waals surface area (Å²) < 4.78 is 5.38. The molecule has 2 heterocycles. The third-order valence-corrected chi connectivity index (χ3v) is 3.36. The fourth-order valence-corrected chi connectivity index (χ4v) is 2.32. The fourth-order valence-electron chi connectivity index (χ4n) is 2.32. The van der Waals surface area contributed by atoms with Gasteiger partial charge in [0.2, 0.25) is 0 Å². The average molecular weight is 208 g/mol. The van der Waals surface area contributed by atoms with Gasteiger partial charge in [0.05, 0.1) is 12.8 Å². The molecule has 0 aliphatic carbocycles. The normalized spacial score (nSPS) is 28.1. The molecule has 1 saturated heterocycles. The summed E-state index contributed by atoms with van der Waals surface area (Å²) in [6.07, 6.45) is 4.22. The van der Waals surface area contributed by atoms with E-state index < -0.39 is 0 Å². The van der Waals surface area contributed by atoms with Gasteiger partial charge in [0.25, 0.3) is 0 Å². The molecule has 2 unspecified atom stereocenters. The maximum Gasteiger partial charge on any atom is 0.117 e. The van der Waals surface area contributed by atoms with Crippen molar-refractivity contribution in [2.75, 3.05) is 13.6 Å². The first-order valence-corrected chi connectivity index (χ1v) is 5.73. The highest BCUT2D eigenvalue weighted by molar-refractivity contribution is 4.99. The van der Waals surface area contributed by atoms with E-state index in [1.807, 2.05) is 6.07 Å². The molecule has 3 nitrogen and oxygen atoms in total. The molecule has 15 heavy (non-hydrogen) atoms. The van der Waals surface area contributed by atoms with Gasteiger partial charge in [-0.25, -0.2) is 0 Å². The van der Waals surface area contributed by atoms with Crippen LogP contribution >= 0.6 is 0 Å². The van der Waals surface area contributed by atoms with Gasteiger partial charge in [-0.1, -0.05) is 0 Å². The van der Waals surface area contributed by atoms with Gasteiger partial charge >= 0.3 is 0 Å². The number of likely N-dealkylation sites (tertiary alicyclic amines) is 1. The van der Waals surface area contributed by atoms with Gasteiger partial charge in [0, 0.05) is 18.6 Å². The Morgan fingerprint density at radius 3 is 3.07 bits per heavy atom. The Labute approximate surface area is 91.4 Å². The van der Waals surface area contributed by atoms with Crippen LogP contribution in [0.5, 0.6) is 0 Å². The lowest BCUT2D eigenvalue weighted by Gasteiger charge is -2.37. The second-order valence-electron chi connectivity index (χ2n) is 4.41. The first-order valence-electron chi connectivity index (χ1n) is 5.73. The van der Waals surface area contributed by atoms with Crippen LogP contribution in [0.4, 0.5) is 0 Å². The molecular formula is C12H20N2O. The zero-order valence-electron chi connectivity index (χ0n) is 9.57. The van der Waals surface area contributed by atoms with Gasteiger partial charge in [-0.3, -0.25) is 4.90 Å². The second kappa shape index (κ2) is 4.81. The van der Waals surface area contributed by atoms with Crippen molar-refractivity contribution >= 4 is 0 Å². The number of rotatable bonds is 3. The molecule has 1 N–H and O–H groups in total. The van der Waals surface area contributed by atoms with Crippen molar-refractivity contribution in [3.8, 4) is 0 Å². The van der Waals surface area contributed by atoms with E-state index in [1.165, 1.54) is 12.8 Å². The van der Waals surface area contributed by atoms with Crippen LogP contribution < -0.4 is 5.32 Å². The highest BCUT2D eigenvalue weighted by atomic mass is 16.3. The van der Waals surface area contributed by atoms with Crippen LogP contribution in [-0.2, 0) is 6.54 Å². The van der Waals surface area contributed by atoms with Crippen LogP contribution in [-0.4, -0.2) is 30.6 Å². The topological polar surface area (TPSA) is 28.4 Å². The molecule has 2 atom stereocenters. The largest absolute Gasteiger partial charge is 0.468 e. The Morgan fingerprint density at radius 2 is 2.47 bits per heavy atom. The first-order chi connectivity index (χ1) is 7.29. The zero-order chi connectivity index (χ0) is 10.7. The van der Waals surface area contributed by atoms with E-state index in [1.54, 1.807) is 6.26 Å².